The van der Waals surface area contributed by atoms with Crippen LogP contribution in [0, 0.1) is 13.8 Å². The Balaban J connectivity index is 2.20. The summed E-state index contributed by atoms with van der Waals surface area (Å²) in [6.45, 7) is 4.78. The van der Waals surface area contributed by atoms with Gasteiger partial charge in [-0.3, -0.25) is 0 Å². The smallest absolute Gasteiger partial charge is 0.231 e. The first-order valence-electron chi connectivity index (χ1n) is 6.24. The summed E-state index contributed by atoms with van der Waals surface area (Å²) < 4.78 is 12.9. The zero-order chi connectivity index (χ0) is 13.6. The van der Waals surface area contributed by atoms with Crippen molar-refractivity contribution in [1.82, 2.24) is 9.55 Å². The third-order valence-electron chi connectivity index (χ3n) is 3.52. The van der Waals surface area contributed by atoms with Gasteiger partial charge in [0, 0.05) is 12.6 Å². The monoisotopic (exact) mass is 259 g/mol. The minimum Gasteiger partial charge on any atom is -0.454 e. The van der Waals surface area contributed by atoms with Crippen LogP contribution in [0.4, 0.5) is 0 Å². The number of fused-ring (bicyclic) bond motifs is 1. The fraction of sp³-hybridized carbons (Fsp3) is 0.357. The first-order chi connectivity index (χ1) is 9.11. The van der Waals surface area contributed by atoms with Gasteiger partial charge in [-0.1, -0.05) is 0 Å². The molecule has 2 aromatic rings. The summed E-state index contributed by atoms with van der Waals surface area (Å²) in [5.74, 6) is 2.47. The quantitative estimate of drug-likeness (QED) is 0.894. The molecule has 0 spiro atoms. The van der Waals surface area contributed by atoms with Crippen LogP contribution in [-0.4, -0.2) is 16.3 Å². The van der Waals surface area contributed by atoms with Crippen molar-refractivity contribution < 1.29 is 9.47 Å². The Kier molecular flexibility index (Phi) is 2.71. The van der Waals surface area contributed by atoms with E-state index in [0.29, 0.717) is 6.54 Å². The molecule has 0 saturated carbocycles. The van der Waals surface area contributed by atoms with Crippen LogP contribution in [-0.2, 0) is 13.6 Å². The predicted molar refractivity (Wildman–Crippen MR) is 72.1 cm³/mol. The largest absolute Gasteiger partial charge is 0.454 e. The van der Waals surface area contributed by atoms with Gasteiger partial charge in [0.05, 0.1) is 17.9 Å². The fourth-order valence-electron chi connectivity index (χ4n) is 2.55. The van der Waals surface area contributed by atoms with Crippen molar-refractivity contribution in [2.75, 3.05) is 6.79 Å². The summed E-state index contributed by atoms with van der Waals surface area (Å²) in [4.78, 5) is 4.51. The van der Waals surface area contributed by atoms with Gasteiger partial charge in [0.1, 0.15) is 5.82 Å². The van der Waals surface area contributed by atoms with E-state index in [1.165, 1.54) is 0 Å². The van der Waals surface area contributed by atoms with Gasteiger partial charge in [-0.05, 0) is 31.5 Å². The van der Waals surface area contributed by atoms with Crippen LogP contribution in [0.15, 0.2) is 12.1 Å². The van der Waals surface area contributed by atoms with E-state index >= 15 is 0 Å². The number of benzene rings is 1. The van der Waals surface area contributed by atoms with Gasteiger partial charge in [0.15, 0.2) is 11.5 Å². The minimum absolute atomic E-state index is 0.288. The highest BCUT2D eigenvalue weighted by Gasteiger charge is 2.20. The Morgan fingerprint density at radius 1 is 1.26 bits per heavy atom. The second-order valence-corrected chi connectivity index (χ2v) is 4.75. The lowest BCUT2D eigenvalue weighted by molar-refractivity contribution is 0.174. The number of imidazole rings is 1. The zero-order valence-corrected chi connectivity index (χ0v) is 11.4. The predicted octanol–water partition coefficient (Wildman–Crippen LogP) is 1.89. The first kappa shape index (κ1) is 12.0. The number of aromatic nitrogens is 2. The highest BCUT2D eigenvalue weighted by atomic mass is 16.7. The van der Waals surface area contributed by atoms with Crippen molar-refractivity contribution in [3.63, 3.8) is 0 Å². The van der Waals surface area contributed by atoms with Crippen molar-refractivity contribution in [2.24, 2.45) is 12.8 Å². The second kappa shape index (κ2) is 4.28. The van der Waals surface area contributed by atoms with Crippen LogP contribution in [0.1, 0.15) is 17.1 Å². The van der Waals surface area contributed by atoms with Gasteiger partial charge in [-0.2, -0.15) is 0 Å². The van der Waals surface area contributed by atoms with Crippen molar-refractivity contribution in [1.29, 1.82) is 0 Å². The molecule has 19 heavy (non-hydrogen) atoms. The standard InChI is InChI=1S/C14H17N3O2/c1-8-4-11-12(19-7-18-11)5-10(8)14-9(2)16-13(6-15)17(14)3/h4-5H,6-7,15H2,1-3H3. The topological polar surface area (TPSA) is 62.3 Å². The fourth-order valence-corrected chi connectivity index (χ4v) is 2.55. The van der Waals surface area contributed by atoms with E-state index < -0.39 is 0 Å². The average Bonchev–Trinajstić information content (AvgIpc) is 2.93. The molecule has 1 aliphatic rings. The molecular weight excluding hydrogens is 242 g/mol. The first-order valence-corrected chi connectivity index (χ1v) is 6.24. The van der Waals surface area contributed by atoms with E-state index in [9.17, 15) is 0 Å². The third-order valence-corrected chi connectivity index (χ3v) is 3.52. The molecule has 2 heterocycles. The number of nitrogens with two attached hydrogens (primary N) is 1. The molecule has 100 valence electrons. The maximum absolute atomic E-state index is 5.71. The lowest BCUT2D eigenvalue weighted by Gasteiger charge is -2.10. The number of hydrogen-bond donors (Lipinski definition) is 1. The Labute approximate surface area is 112 Å². The van der Waals surface area contributed by atoms with E-state index in [1.54, 1.807) is 0 Å². The molecule has 0 atom stereocenters. The van der Waals surface area contributed by atoms with Crippen LogP contribution in [0.5, 0.6) is 11.5 Å². The van der Waals surface area contributed by atoms with E-state index in [1.807, 2.05) is 30.7 Å². The highest BCUT2D eigenvalue weighted by molar-refractivity contribution is 5.71. The Morgan fingerprint density at radius 3 is 2.58 bits per heavy atom. The van der Waals surface area contributed by atoms with Gasteiger partial charge in [0.25, 0.3) is 0 Å². The van der Waals surface area contributed by atoms with Gasteiger partial charge >= 0.3 is 0 Å². The Hall–Kier alpha value is -2.01. The molecule has 5 nitrogen and oxygen atoms in total. The van der Waals surface area contributed by atoms with Crippen molar-refractivity contribution in [3.05, 3.63) is 29.2 Å². The van der Waals surface area contributed by atoms with E-state index in [0.717, 1.165) is 39.8 Å². The highest BCUT2D eigenvalue weighted by Crippen LogP contribution is 2.39. The van der Waals surface area contributed by atoms with E-state index in [-0.39, 0.29) is 6.79 Å². The molecule has 2 N–H and O–H groups in total. The van der Waals surface area contributed by atoms with Crippen molar-refractivity contribution in [2.45, 2.75) is 20.4 Å². The molecule has 3 rings (SSSR count). The van der Waals surface area contributed by atoms with Gasteiger partial charge < -0.3 is 19.8 Å². The van der Waals surface area contributed by atoms with Gasteiger partial charge in [-0.25, -0.2) is 4.98 Å². The molecule has 0 fully saturated rings. The van der Waals surface area contributed by atoms with Crippen LogP contribution in [0.3, 0.4) is 0 Å². The zero-order valence-electron chi connectivity index (χ0n) is 11.4. The van der Waals surface area contributed by atoms with Crippen molar-refractivity contribution in [3.8, 4) is 22.8 Å². The SMILES string of the molecule is Cc1cc2c(cc1-c1c(C)nc(CN)n1C)OCO2. The van der Waals surface area contributed by atoms with Crippen LogP contribution in [0.25, 0.3) is 11.3 Å². The molecule has 0 saturated heterocycles. The lowest BCUT2D eigenvalue weighted by Crippen LogP contribution is -2.05. The van der Waals surface area contributed by atoms with Crippen LogP contribution < -0.4 is 15.2 Å². The number of rotatable bonds is 2. The maximum atomic E-state index is 5.71. The number of aryl methyl sites for hydroxylation is 2. The summed E-state index contributed by atoms with van der Waals surface area (Å²) in [5.41, 5.74) is 10.0. The van der Waals surface area contributed by atoms with Gasteiger partial charge in [0.2, 0.25) is 6.79 Å². The molecule has 0 radical (unpaired) electrons. The molecular formula is C14H17N3O2. The van der Waals surface area contributed by atoms with Crippen molar-refractivity contribution >= 4 is 0 Å². The molecule has 0 unspecified atom stereocenters. The molecule has 0 amide bonds. The van der Waals surface area contributed by atoms with E-state index in [4.69, 9.17) is 15.2 Å². The van der Waals surface area contributed by atoms with Gasteiger partial charge in [-0.15, -0.1) is 0 Å². The second-order valence-electron chi connectivity index (χ2n) is 4.75. The number of nitrogens with zero attached hydrogens (tertiary/aromatic N) is 2. The van der Waals surface area contributed by atoms with Crippen LogP contribution >= 0.6 is 0 Å². The average molecular weight is 259 g/mol. The number of ether oxygens (including phenoxy) is 2. The molecule has 1 aliphatic heterocycles. The summed E-state index contributed by atoms with van der Waals surface area (Å²) >= 11 is 0. The summed E-state index contributed by atoms with van der Waals surface area (Å²) in [6.07, 6.45) is 0. The summed E-state index contributed by atoms with van der Waals surface area (Å²) in [5, 5.41) is 0. The molecule has 1 aromatic carbocycles. The minimum atomic E-state index is 0.288. The molecule has 0 aliphatic carbocycles. The summed E-state index contributed by atoms with van der Waals surface area (Å²) in [6, 6.07) is 4.02. The van der Waals surface area contributed by atoms with E-state index in [2.05, 4.69) is 11.9 Å². The molecule has 1 aromatic heterocycles. The van der Waals surface area contributed by atoms with Crippen LogP contribution in [0.2, 0.25) is 0 Å². The Bertz CT molecular complexity index is 647. The normalized spacial score (nSPS) is 13.1. The molecule has 0 bridgehead atoms. The number of hydrogen-bond acceptors (Lipinski definition) is 4. The molecule has 5 heteroatoms. The lowest BCUT2D eigenvalue weighted by atomic mass is 10.0. The Morgan fingerprint density at radius 2 is 1.95 bits per heavy atom. The summed E-state index contributed by atoms with van der Waals surface area (Å²) in [7, 11) is 1.99. The maximum Gasteiger partial charge on any atom is 0.231 e. The third kappa shape index (κ3) is 1.77.